The Morgan fingerprint density at radius 3 is 2.39 bits per heavy atom. The summed E-state index contributed by atoms with van der Waals surface area (Å²) in [5, 5.41) is 3.00. The van der Waals surface area contributed by atoms with Gasteiger partial charge in [-0.3, -0.25) is 4.79 Å². The molecular formula is C20H24N2O. The van der Waals surface area contributed by atoms with E-state index < -0.39 is 0 Å². The maximum Gasteiger partial charge on any atom is 0.251 e. The largest absolute Gasteiger partial charge is 0.372 e. The first-order chi connectivity index (χ1) is 11.2. The summed E-state index contributed by atoms with van der Waals surface area (Å²) in [6.45, 7) is 4.84. The molecule has 1 heterocycles. The highest BCUT2D eigenvalue weighted by atomic mass is 16.1. The molecule has 0 bridgehead atoms. The van der Waals surface area contributed by atoms with E-state index in [2.05, 4.69) is 34.5 Å². The van der Waals surface area contributed by atoms with Crippen molar-refractivity contribution in [2.45, 2.75) is 32.7 Å². The van der Waals surface area contributed by atoms with Gasteiger partial charge < -0.3 is 10.2 Å². The highest BCUT2D eigenvalue weighted by molar-refractivity contribution is 5.95. The standard InChI is InChI=1S/C20H24N2O/c1-16-7-3-4-8-19(16)20(23)21-15-17-9-11-18(12-10-17)22-13-5-2-6-14-22/h3-4,7-12H,2,5-6,13-15H2,1H3,(H,21,23). The van der Waals surface area contributed by atoms with Gasteiger partial charge in [-0.1, -0.05) is 30.3 Å². The van der Waals surface area contributed by atoms with E-state index in [-0.39, 0.29) is 5.91 Å². The Morgan fingerprint density at radius 2 is 1.70 bits per heavy atom. The van der Waals surface area contributed by atoms with Gasteiger partial charge >= 0.3 is 0 Å². The zero-order valence-electron chi connectivity index (χ0n) is 13.7. The van der Waals surface area contributed by atoms with Crippen molar-refractivity contribution in [3.8, 4) is 0 Å². The number of anilines is 1. The minimum Gasteiger partial charge on any atom is -0.372 e. The van der Waals surface area contributed by atoms with Crippen LogP contribution < -0.4 is 10.2 Å². The first-order valence-electron chi connectivity index (χ1n) is 8.42. The molecule has 2 aromatic carbocycles. The molecule has 0 aromatic heterocycles. The molecule has 1 aliphatic rings. The van der Waals surface area contributed by atoms with Crippen LogP contribution in [0.15, 0.2) is 48.5 Å². The average Bonchev–Trinajstić information content (AvgIpc) is 2.61. The maximum atomic E-state index is 12.2. The quantitative estimate of drug-likeness (QED) is 0.928. The number of nitrogens with zero attached hydrogens (tertiary/aromatic N) is 1. The van der Waals surface area contributed by atoms with Gasteiger partial charge in [0.15, 0.2) is 0 Å². The predicted molar refractivity (Wildman–Crippen MR) is 94.9 cm³/mol. The van der Waals surface area contributed by atoms with E-state index in [4.69, 9.17) is 0 Å². The zero-order chi connectivity index (χ0) is 16.1. The Morgan fingerprint density at radius 1 is 1.00 bits per heavy atom. The molecule has 1 amide bonds. The van der Waals surface area contributed by atoms with E-state index in [1.807, 2.05) is 31.2 Å². The lowest BCUT2D eigenvalue weighted by atomic mass is 10.1. The second-order valence-corrected chi connectivity index (χ2v) is 6.21. The van der Waals surface area contributed by atoms with Crippen molar-refractivity contribution >= 4 is 11.6 Å². The van der Waals surface area contributed by atoms with E-state index in [0.717, 1.165) is 29.8 Å². The van der Waals surface area contributed by atoms with Crippen molar-refractivity contribution in [1.29, 1.82) is 0 Å². The van der Waals surface area contributed by atoms with Crippen LogP contribution in [0.4, 0.5) is 5.69 Å². The third-order valence-electron chi connectivity index (χ3n) is 4.50. The third kappa shape index (κ3) is 3.92. The monoisotopic (exact) mass is 308 g/mol. The molecule has 3 nitrogen and oxygen atoms in total. The Balaban J connectivity index is 1.58. The SMILES string of the molecule is Cc1ccccc1C(=O)NCc1ccc(N2CCCCC2)cc1. The van der Waals surface area contributed by atoms with E-state index in [0.29, 0.717) is 6.54 Å². The number of piperidine rings is 1. The van der Waals surface area contributed by atoms with E-state index in [1.54, 1.807) is 0 Å². The number of nitrogens with one attached hydrogen (secondary N) is 1. The van der Waals surface area contributed by atoms with Crippen molar-refractivity contribution in [3.63, 3.8) is 0 Å². The van der Waals surface area contributed by atoms with Crippen LogP contribution in [0, 0.1) is 6.92 Å². The van der Waals surface area contributed by atoms with Gasteiger partial charge in [0.25, 0.3) is 5.91 Å². The summed E-state index contributed by atoms with van der Waals surface area (Å²) in [5.74, 6) is -0.0109. The van der Waals surface area contributed by atoms with Gasteiger partial charge in [0.1, 0.15) is 0 Å². The molecule has 1 N–H and O–H groups in total. The smallest absolute Gasteiger partial charge is 0.251 e. The summed E-state index contributed by atoms with van der Waals surface area (Å²) < 4.78 is 0. The Labute approximate surface area is 138 Å². The number of aryl methyl sites for hydroxylation is 1. The lowest BCUT2D eigenvalue weighted by molar-refractivity contribution is 0.0950. The van der Waals surface area contributed by atoms with Gasteiger partial charge in [0, 0.05) is 30.9 Å². The summed E-state index contributed by atoms with van der Waals surface area (Å²) in [6, 6.07) is 16.2. The minimum absolute atomic E-state index is 0.0109. The molecule has 3 heteroatoms. The van der Waals surface area contributed by atoms with Crippen LogP contribution in [-0.2, 0) is 6.54 Å². The van der Waals surface area contributed by atoms with Crippen LogP contribution in [0.25, 0.3) is 0 Å². The number of rotatable bonds is 4. The number of carbonyl (C=O) groups excluding carboxylic acids is 1. The van der Waals surface area contributed by atoms with Crippen LogP contribution in [0.3, 0.4) is 0 Å². The predicted octanol–water partition coefficient (Wildman–Crippen LogP) is 3.92. The number of carbonyl (C=O) groups is 1. The molecule has 0 spiro atoms. The number of hydrogen-bond donors (Lipinski definition) is 1. The summed E-state index contributed by atoms with van der Waals surface area (Å²) >= 11 is 0. The molecule has 0 aliphatic carbocycles. The highest BCUT2D eigenvalue weighted by Gasteiger charge is 2.11. The normalized spacial score (nSPS) is 14.6. The van der Waals surface area contributed by atoms with Crippen molar-refractivity contribution < 1.29 is 4.79 Å². The Bertz CT molecular complexity index is 658. The maximum absolute atomic E-state index is 12.2. The van der Waals surface area contributed by atoms with Crippen LogP contribution in [-0.4, -0.2) is 19.0 Å². The molecule has 1 saturated heterocycles. The zero-order valence-corrected chi connectivity index (χ0v) is 13.7. The topological polar surface area (TPSA) is 32.3 Å². The summed E-state index contributed by atoms with van der Waals surface area (Å²) in [5.41, 5.74) is 4.18. The van der Waals surface area contributed by atoms with E-state index >= 15 is 0 Å². The Hall–Kier alpha value is -2.29. The van der Waals surface area contributed by atoms with E-state index in [9.17, 15) is 4.79 Å². The van der Waals surface area contributed by atoms with Crippen LogP contribution in [0.2, 0.25) is 0 Å². The molecule has 2 aromatic rings. The van der Waals surface area contributed by atoms with Crippen molar-refractivity contribution in [2.24, 2.45) is 0 Å². The molecule has 0 radical (unpaired) electrons. The lowest BCUT2D eigenvalue weighted by Gasteiger charge is -2.28. The number of benzene rings is 2. The molecule has 120 valence electrons. The van der Waals surface area contributed by atoms with Crippen LogP contribution in [0.5, 0.6) is 0 Å². The van der Waals surface area contributed by atoms with Gasteiger partial charge in [-0.25, -0.2) is 0 Å². The fraction of sp³-hybridized carbons (Fsp3) is 0.350. The molecule has 1 fully saturated rings. The molecule has 0 saturated carbocycles. The van der Waals surface area contributed by atoms with Gasteiger partial charge in [-0.15, -0.1) is 0 Å². The first kappa shape index (κ1) is 15.6. The fourth-order valence-electron chi connectivity index (χ4n) is 3.08. The molecule has 23 heavy (non-hydrogen) atoms. The van der Waals surface area contributed by atoms with Crippen molar-refractivity contribution in [1.82, 2.24) is 5.32 Å². The Kier molecular flexibility index (Phi) is 4.96. The van der Waals surface area contributed by atoms with Crippen LogP contribution in [0.1, 0.15) is 40.7 Å². The highest BCUT2D eigenvalue weighted by Crippen LogP contribution is 2.20. The first-order valence-corrected chi connectivity index (χ1v) is 8.42. The van der Waals surface area contributed by atoms with Gasteiger partial charge in [-0.2, -0.15) is 0 Å². The van der Waals surface area contributed by atoms with Gasteiger partial charge in [0.05, 0.1) is 0 Å². The molecular weight excluding hydrogens is 284 g/mol. The molecule has 0 unspecified atom stereocenters. The van der Waals surface area contributed by atoms with E-state index in [1.165, 1.54) is 24.9 Å². The average molecular weight is 308 g/mol. The summed E-state index contributed by atoms with van der Waals surface area (Å²) in [6.07, 6.45) is 3.92. The van der Waals surface area contributed by atoms with Gasteiger partial charge in [0.2, 0.25) is 0 Å². The minimum atomic E-state index is -0.0109. The van der Waals surface area contributed by atoms with Crippen molar-refractivity contribution in [3.05, 3.63) is 65.2 Å². The molecule has 1 aliphatic heterocycles. The van der Waals surface area contributed by atoms with Crippen LogP contribution >= 0.6 is 0 Å². The molecule has 3 rings (SSSR count). The third-order valence-corrected chi connectivity index (χ3v) is 4.50. The summed E-state index contributed by atoms with van der Waals surface area (Å²) in [7, 11) is 0. The molecule has 0 atom stereocenters. The lowest BCUT2D eigenvalue weighted by Crippen LogP contribution is -2.29. The van der Waals surface area contributed by atoms with Gasteiger partial charge in [-0.05, 0) is 55.5 Å². The second kappa shape index (κ2) is 7.32. The van der Waals surface area contributed by atoms with Crippen molar-refractivity contribution in [2.75, 3.05) is 18.0 Å². The fourth-order valence-corrected chi connectivity index (χ4v) is 3.08. The number of hydrogen-bond acceptors (Lipinski definition) is 2. The number of amides is 1. The summed E-state index contributed by atoms with van der Waals surface area (Å²) in [4.78, 5) is 14.7. The second-order valence-electron chi connectivity index (χ2n) is 6.21.